The average Bonchev–Trinajstić information content (AvgIpc) is 2.40. The Morgan fingerprint density at radius 1 is 1.14 bits per heavy atom. The van der Waals surface area contributed by atoms with Crippen LogP contribution in [0.15, 0.2) is 24.3 Å². The molecule has 0 aliphatic carbocycles. The van der Waals surface area contributed by atoms with Crippen molar-refractivity contribution in [2.24, 2.45) is 0 Å². The van der Waals surface area contributed by atoms with Crippen molar-refractivity contribution < 1.29 is 4.74 Å². The molecule has 2 rings (SSSR count). The van der Waals surface area contributed by atoms with Crippen molar-refractivity contribution in [3.05, 3.63) is 29.8 Å². The topological polar surface area (TPSA) is 24.5 Å². The van der Waals surface area contributed by atoms with Gasteiger partial charge in [0.15, 0.2) is 0 Å². The normalized spacial score (nSPS) is 19.5. The van der Waals surface area contributed by atoms with E-state index in [0.29, 0.717) is 12.1 Å². The maximum absolute atomic E-state index is 5.87. The van der Waals surface area contributed by atoms with Crippen LogP contribution in [0.5, 0.6) is 5.75 Å². The maximum atomic E-state index is 5.87. The molecule has 1 N–H and O–H groups in total. The number of hydrogen-bond acceptors (Lipinski definition) is 3. The summed E-state index contributed by atoms with van der Waals surface area (Å²) in [5.74, 6) is 0.942. The molecule has 1 aliphatic rings. The van der Waals surface area contributed by atoms with Crippen LogP contribution in [0.4, 0.5) is 0 Å². The number of likely N-dealkylation sites (tertiary alicyclic amines) is 1. The number of piperidine rings is 1. The van der Waals surface area contributed by atoms with Gasteiger partial charge in [0.05, 0.1) is 0 Å². The molecule has 0 bridgehead atoms. The van der Waals surface area contributed by atoms with Gasteiger partial charge in [0.1, 0.15) is 11.4 Å². The van der Waals surface area contributed by atoms with E-state index in [2.05, 4.69) is 69.2 Å². The Kier molecular flexibility index (Phi) is 5.28. The van der Waals surface area contributed by atoms with Crippen LogP contribution < -0.4 is 10.1 Å². The minimum atomic E-state index is -0.139. The third kappa shape index (κ3) is 5.33. The average molecular weight is 290 g/mol. The van der Waals surface area contributed by atoms with Crippen molar-refractivity contribution >= 4 is 0 Å². The number of hydrogen-bond donors (Lipinski definition) is 1. The van der Waals surface area contributed by atoms with Crippen molar-refractivity contribution in [2.45, 2.75) is 58.2 Å². The highest BCUT2D eigenvalue weighted by Crippen LogP contribution is 2.22. The third-order valence-electron chi connectivity index (χ3n) is 4.01. The number of ether oxygens (including phenoxy) is 1. The first-order valence-electron chi connectivity index (χ1n) is 8.07. The van der Waals surface area contributed by atoms with E-state index in [0.717, 1.165) is 5.75 Å². The van der Waals surface area contributed by atoms with Gasteiger partial charge in [0.2, 0.25) is 0 Å². The molecule has 1 atom stereocenters. The second-order valence-electron chi connectivity index (χ2n) is 7.25. The summed E-state index contributed by atoms with van der Waals surface area (Å²) in [5, 5.41) is 3.76. The molecule has 21 heavy (non-hydrogen) atoms. The summed E-state index contributed by atoms with van der Waals surface area (Å²) in [6.45, 7) is 10.9. The molecule has 1 saturated heterocycles. The van der Waals surface area contributed by atoms with Gasteiger partial charge in [-0.2, -0.15) is 0 Å². The molecule has 0 aromatic heterocycles. The van der Waals surface area contributed by atoms with E-state index in [1.165, 1.54) is 31.5 Å². The van der Waals surface area contributed by atoms with Crippen LogP contribution >= 0.6 is 0 Å². The Hall–Kier alpha value is -1.06. The smallest absolute Gasteiger partial charge is 0.120 e. The summed E-state index contributed by atoms with van der Waals surface area (Å²) in [6, 6.07) is 9.53. The highest BCUT2D eigenvalue weighted by molar-refractivity contribution is 5.29. The number of nitrogens with zero attached hydrogens (tertiary/aromatic N) is 1. The molecule has 1 aromatic carbocycles. The monoisotopic (exact) mass is 290 g/mol. The quantitative estimate of drug-likeness (QED) is 0.917. The number of rotatable bonds is 4. The zero-order valence-electron chi connectivity index (χ0n) is 14.1. The third-order valence-corrected chi connectivity index (χ3v) is 4.01. The van der Waals surface area contributed by atoms with Crippen LogP contribution in [0.1, 0.15) is 52.1 Å². The van der Waals surface area contributed by atoms with E-state index in [-0.39, 0.29) is 5.60 Å². The Labute approximate surface area is 129 Å². The van der Waals surface area contributed by atoms with Gasteiger partial charge in [-0.3, -0.25) is 0 Å². The SMILES string of the molecule is CC(NC1CCN(C)CC1)c1ccc(OC(C)(C)C)cc1. The van der Waals surface area contributed by atoms with Gasteiger partial charge in [-0.05, 0) is 78.4 Å². The van der Waals surface area contributed by atoms with Crippen LogP contribution in [-0.4, -0.2) is 36.7 Å². The number of nitrogens with one attached hydrogen (secondary N) is 1. The summed E-state index contributed by atoms with van der Waals surface area (Å²) in [6.07, 6.45) is 2.48. The van der Waals surface area contributed by atoms with Crippen molar-refractivity contribution in [1.29, 1.82) is 0 Å². The summed E-state index contributed by atoms with van der Waals surface area (Å²) in [4.78, 5) is 2.40. The molecule has 1 fully saturated rings. The van der Waals surface area contributed by atoms with E-state index in [1.54, 1.807) is 0 Å². The highest BCUT2D eigenvalue weighted by atomic mass is 16.5. The van der Waals surface area contributed by atoms with Gasteiger partial charge >= 0.3 is 0 Å². The van der Waals surface area contributed by atoms with E-state index < -0.39 is 0 Å². The largest absolute Gasteiger partial charge is 0.488 e. The zero-order valence-corrected chi connectivity index (χ0v) is 14.1. The maximum Gasteiger partial charge on any atom is 0.120 e. The molecule has 0 amide bonds. The Morgan fingerprint density at radius 2 is 1.71 bits per heavy atom. The van der Waals surface area contributed by atoms with Gasteiger partial charge < -0.3 is 15.0 Å². The second-order valence-corrected chi connectivity index (χ2v) is 7.25. The van der Waals surface area contributed by atoms with E-state index in [4.69, 9.17) is 4.74 Å². The van der Waals surface area contributed by atoms with Crippen LogP contribution in [0.2, 0.25) is 0 Å². The fourth-order valence-corrected chi connectivity index (χ4v) is 2.80. The lowest BCUT2D eigenvalue weighted by Crippen LogP contribution is -2.41. The first-order chi connectivity index (χ1) is 9.83. The molecule has 1 aliphatic heterocycles. The Bertz CT molecular complexity index is 428. The standard InChI is InChI=1S/C18H30N2O/c1-14(19-16-10-12-20(5)13-11-16)15-6-8-17(9-7-15)21-18(2,3)4/h6-9,14,16,19H,10-13H2,1-5H3. The fraction of sp³-hybridized carbons (Fsp3) is 0.667. The van der Waals surface area contributed by atoms with Crippen molar-refractivity contribution in [1.82, 2.24) is 10.2 Å². The predicted octanol–water partition coefficient (Wildman–Crippen LogP) is 3.61. The molecule has 0 spiro atoms. The summed E-state index contributed by atoms with van der Waals surface area (Å²) >= 11 is 0. The molecule has 118 valence electrons. The summed E-state index contributed by atoms with van der Waals surface area (Å²) in [5.41, 5.74) is 1.19. The lowest BCUT2D eigenvalue weighted by atomic mass is 10.0. The molecule has 1 heterocycles. The molecular formula is C18H30N2O. The molecule has 0 saturated carbocycles. The van der Waals surface area contributed by atoms with Crippen molar-refractivity contribution in [3.63, 3.8) is 0 Å². The van der Waals surface area contributed by atoms with E-state index >= 15 is 0 Å². The minimum Gasteiger partial charge on any atom is -0.488 e. The summed E-state index contributed by atoms with van der Waals surface area (Å²) < 4.78 is 5.87. The van der Waals surface area contributed by atoms with Crippen molar-refractivity contribution in [2.75, 3.05) is 20.1 Å². The zero-order chi connectivity index (χ0) is 15.5. The molecule has 3 heteroatoms. The molecule has 3 nitrogen and oxygen atoms in total. The first-order valence-corrected chi connectivity index (χ1v) is 8.07. The first kappa shape index (κ1) is 16.3. The van der Waals surface area contributed by atoms with Gasteiger partial charge in [-0.15, -0.1) is 0 Å². The van der Waals surface area contributed by atoms with Crippen LogP contribution in [0.25, 0.3) is 0 Å². The van der Waals surface area contributed by atoms with Gasteiger partial charge in [-0.1, -0.05) is 12.1 Å². The lowest BCUT2D eigenvalue weighted by Gasteiger charge is -2.31. The number of benzene rings is 1. The molecule has 1 aromatic rings. The van der Waals surface area contributed by atoms with E-state index in [1.807, 2.05) is 0 Å². The Balaban J connectivity index is 1.89. The lowest BCUT2D eigenvalue weighted by molar-refractivity contribution is 0.131. The molecular weight excluding hydrogens is 260 g/mol. The Morgan fingerprint density at radius 3 is 2.24 bits per heavy atom. The fourth-order valence-electron chi connectivity index (χ4n) is 2.80. The predicted molar refractivity (Wildman–Crippen MR) is 88.9 cm³/mol. The van der Waals surface area contributed by atoms with Crippen molar-refractivity contribution in [3.8, 4) is 5.75 Å². The second kappa shape index (κ2) is 6.80. The van der Waals surface area contributed by atoms with E-state index in [9.17, 15) is 0 Å². The molecule has 1 unspecified atom stereocenters. The van der Waals surface area contributed by atoms with Gasteiger partial charge in [0.25, 0.3) is 0 Å². The van der Waals surface area contributed by atoms with Crippen LogP contribution in [-0.2, 0) is 0 Å². The summed E-state index contributed by atoms with van der Waals surface area (Å²) in [7, 11) is 2.20. The molecule has 0 radical (unpaired) electrons. The van der Waals surface area contributed by atoms with Gasteiger partial charge in [0, 0.05) is 12.1 Å². The van der Waals surface area contributed by atoms with Crippen LogP contribution in [0, 0.1) is 0 Å². The van der Waals surface area contributed by atoms with Crippen LogP contribution in [0.3, 0.4) is 0 Å². The van der Waals surface area contributed by atoms with Gasteiger partial charge in [-0.25, -0.2) is 0 Å². The highest BCUT2D eigenvalue weighted by Gasteiger charge is 2.19. The minimum absolute atomic E-state index is 0.139.